The minimum Gasteiger partial charge on any atom is -0.390 e. The van der Waals surface area contributed by atoms with Gasteiger partial charge in [0.2, 0.25) is 0 Å². The molecule has 1 N–H and O–H groups in total. The van der Waals surface area contributed by atoms with Crippen LogP contribution < -0.4 is 0 Å². The molecule has 3 fully saturated rings. The van der Waals surface area contributed by atoms with E-state index in [4.69, 9.17) is 0 Å². The second-order valence-electron chi connectivity index (χ2n) is 12.8. The number of hydrogen-bond donors (Lipinski definition) is 1. The highest BCUT2D eigenvalue weighted by atomic mass is 16.3. The summed E-state index contributed by atoms with van der Waals surface area (Å²) in [6.07, 6.45) is 17.4. The van der Waals surface area contributed by atoms with E-state index in [1.165, 1.54) is 57.7 Å². The largest absolute Gasteiger partial charge is 0.390 e. The van der Waals surface area contributed by atoms with Gasteiger partial charge in [-0.05, 0) is 112 Å². The van der Waals surface area contributed by atoms with Crippen LogP contribution in [0.5, 0.6) is 0 Å². The van der Waals surface area contributed by atoms with Crippen molar-refractivity contribution in [2.75, 3.05) is 0 Å². The van der Waals surface area contributed by atoms with Crippen molar-refractivity contribution in [2.24, 2.45) is 46.3 Å². The second-order valence-corrected chi connectivity index (χ2v) is 12.8. The maximum Gasteiger partial charge on any atom is 0.126 e. The normalized spacial score (nSPS) is 44.5. The fourth-order valence-corrected chi connectivity index (χ4v) is 8.90. The van der Waals surface area contributed by atoms with Gasteiger partial charge in [-0.15, -0.1) is 0 Å². The Morgan fingerprint density at radius 1 is 1.13 bits per heavy atom. The zero-order valence-corrected chi connectivity index (χ0v) is 20.3. The first-order chi connectivity index (χ1) is 14.1. The summed E-state index contributed by atoms with van der Waals surface area (Å²) in [6.45, 7) is 11.6. The molecule has 0 amide bonds. The molecule has 30 heavy (non-hydrogen) atoms. The number of aldehydes is 1. The Labute approximate surface area is 185 Å². The Kier molecular flexibility index (Phi) is 6.06. The molecule has 4 aliphatic carbocycles. The Bertz CT molecular complexity index is 673. The Balaban J connectivity index is 1.47. The molecular weight excluding hydrogens is 368 g/mol. The van der Waals surface area contributed by atoms with Crippen molar-refractivity contribution in [3.63, 3.8) is 0 Å². The van der Waals surface area contributed by atoms with Crippen molar-refractivity contribution in [3.8, 4) is 0 Å². The minimum atomic E-state index is -0.522. The van der Waals surface area contributed by atoms with Gasteiger partial charge in [0.15, 0.2) is 0 Å². The number of fused-ring (bicyclic) bond motifs is 5. The summed E-state index contributed by atoms with van der Waals surface area (Å²) in [7, 11) is 0. The van der Waals surface area contributed by atoms with E-state index in [2.05, 4.69) is 26.8 Å². The summed E-state index contributed by atoms with van der Waals surface area (Å²) in [5, 5.41) is 10.1. The molecule has 0 radical (unpaired) electrons. The predicted octanol–water partition coefficient (Wildman–Crippen LogP) is 6.96. The van der Waals surface area contributed by atoms with Crippen molar-refractivity contribution in [2.45, 2.75) is 111 Å². The van der Waals surface area contributed by atoms with Gasteiger partial charge in [-0.3, -0.25) is 0 Å². The van der Waals surface area contributed by atoms with E-state index in [0.717, 1.165) is 48.9 Å². The third-order valence-corrected chi connectivity index (χ3v) is 10.5. The molecule has 0 heterocycles. The second kappa shape index (κ2) is 8.05. The first-order valence-corrected chi connectivity index (χ1v) is 13.0. The van der Waals surface area contributed by atoms with E-state index >= 15 is 0 Å². The van der Waals surface area contributed by atoms with Crippen LogP contribution in [0.3, 0.4) is 0 Å². The lowest BCUT2D eigenvalue weighted by molar-refractivity contribution is -0.111. The lowest BCUT2D eigenvalue weighted by Crippen LogP contribution is -2.51. The van der Waals surface area contributed by atoms with Gasteiger partial charge < -0.3 is 9.90 Å². The molecule has 0 bridgehead atoms. The van der Waals surface area contributed by atoms with E-state index in [1.54, 1.807) is 5.57 Å². The van der Waals surface area contributed by atoms with Gasteiger partial charge in [0.05, 0.1) is 5.60 Å². The SMILES string of the molecule is C[C@H](CCCC(C)(C)O)[C@H]1CC[C@H]2[C@@H]3CCC4=CC(C=O)CC[C@]4(C)[C@H]3CC[C@]12C. The van der Waals surface area contributed by atoms with Gasteiger partial charge in [0.25, 0.3) is 0 Å². The molecule has 0 aromatic heterocycles. The Morgan fingerprint density at radius 3 is 2.60 bits per heavy atom. The van der Waals surface area contributed by atoms with Crippen molar-refractivity contribution in [1.29, 1.82) is 0 Å². The van der Waals surface area contributed by atoms with Crippen LogP contribution in [0, 0.1) is 46.3 Å². The lowest BCUT2D eigenvalue weighted by atomic mass is 9.46. The summed E-state index contributed by atoms with van der Waals surface area (Å²) < 4.78 is 0. The van der Waals surface area contributed by atoms with E-state index in [1.807, 2.05) is 13.8 Å². The molecular formula is C28H46O2. The smallest absolute Gasteiger partial charge is 0.126 e. The Morgan fingerprint density at radius 2 is 1.90 bits per heavy atom. The van der Waals surface area contributed by atoms with Crippen LogP contribution in [0.15, 0.2) is 11.6 Å². The van der Waals surface area contributed by atoms with Gasteiger partial charge in [-0.1, -0.05) is 45.3 Å². The number of hydrogen-bond acceptors (Lipinski definition) is 2. The van der Waals surface area contributed by atoms with Crippen LogP contribution in [-0.2, 0) is 4.79 Å². The molecule has 4 aliphatic rings. The van der Waals surface area contributed by atoms with Crippen molar-refractivity contribution in [1.82, 2.24) is 0 Å². The molecule has 0 aromatic rings. The van der Waals surface area contributed by atoms with Crippen molar-refractivity contribution >= 4 is 6.29 Å². The summed E-state index contributed by atoms with van der Waals surface area (Å²) in [5.74, 6) is 4.45. The third kappa shape index (κ3) is 3.84. The highest BCUT2D eigenvalue weighted by molar-refractivity contribution is 5.58. The standard InChI is InChI=1S/C28H46O2/c1-19(7-6-14-26(2,3)30)23-10-11-24-22-9-8-21-17-20(18-29)12-15-27(21,4)25(22)13-16-28(23,24)5/h17-20,22-25,30H,6-16H2,1-5H3/t19-,20?,22+,23-,24+,25+,27+,28-/m1/s1. The first kappa shape index (κ1) is 22.6. The molecule has 2 heteroatoms. The maximum atomic E-state index is 11.4. The molecule has 3 saturated carbocycles. The topological polar surface area (TPSA) is 37.3 Å². The van der Waals surface area contributed by atoms with Crippen LogP contribution in [0.25, 0.3) is 0 Å². The predicted molar refractivity (Wildman–Crippen MR) is 124 cm³/mol. The molecule has 8 atom stereocenters. The van der Waals surface area contributed by atoms with Gasteiger partial charge in [-0.2, -0.15) is 0 Å². The molecule has 4 rings (SSSR count). The molecule has 0 saturated heterocycles. The first-order valence-electron chi connectivity index (χ1n) is 13.0. The Hall–Kier alpha value is -0.630. The van der Waals surface area contributed by atoms with Crippen molar-refractivity contribution in [3.05, 3.63) is 11.6 Å². The van der Waals surface area contributed by atoms with Gasteiger partial charge in [-0.25, -0.2) is 0 Å². The minimum absolute atomic E-state index is 0.180. The molecule has 2 nitrogen and oxygen atoms in total. The van der Waals surface area contributed by atoms with Crippen LogP contribution in [-0.4, -0.2) is 17.0 Å². The zero-order valence-electron chi connectivity index (χ0n) is 20.3. The number of carbonyl (C=O) groups is 1. The quantitative estimate of drug-likeness (QED) is 0.377. The monoisotopic (exact) mass is 414 g/mol. The highest BCUT2D eigenvalue weighted by Crippen LogP contribution is 2.67. The summed E-state index contributed by atoms with van der Waals surface area (Å²) in [6, 6.07) is 0. The van der Waals surface area contributed by atoms with Crippen molar-refractivity contribution < 1.29 is 9.90 Å². The van der Waals surface area contributed by atoms with E-state index in [0.29, 0.717) is 10.8 Å². The number of allylic oxidation sites excluding steroid dienone is 2. The fraction of sp³-hybridized carbons (Fsp3) is 0.893. The van der Waals surface area contributed by atoms with Gasteiger partial charge >= 0.3 is 0 Å². The molecule has 0 aliphatic heterocycles. The van der Waals surface area contributed by atoms with E-state index < -0.39 is 5.60 Å². The molecule has 1 unspecified atom stereocenters. The van der Waals surface area contributed by atoms with Crippen LogP contribution in [0.4, 0.5) is 0 Å². The number of aliphatic hydroxyl groups is 1. The fourth-order valence-electron chi connectivity index (χ4n) is 8.90. The number of carbonyl (C=O) groups excluding carboxylic acids is 1. The van der Waals surface area contributed by atoms with E-state index in [9.17, 15) is 9.90 Å². The summed E-state index contributed by atoms with van der Waals surface area (Å²) in [4.78, 5) is 11.4. The highest BCUT2D eigenvalue weighted by Gasteiger charge is 2.59. The van der Waals surface area contributed by atoms with Crippen LogP contribution >= 0.6 is 0 Å². The van der Waals surface area contributed by atoms with Gasteiger partial charge in [0.1, 0.15) is 6.29 Å². The molecule has 170 valence electrons. The van der Waals surface area contributed by atoms with Crippen LogP contribution in [0.1, 0.15) is 105 Å². The van der Waals surface area contributed by atoms with Gasteiger partial charge in [0, 0.05) is 5.92 Å². The average Bonchev–Trinajstić information content (AvgIpc) is 3.03. The lowest BCUT2D eigenvalue weighted by Gasteiger charge is -2.59. The molecule has 0 spiro atoms. The van der Waals surface area contributed by atoms with Crippen LogP contribution in [0.2, 0.25) is 0 Å². The summed E-state index contributed by atoms with van der Waals surface area (Å²) >= 11 is 0. The summed E-state index contributed by atoms with van der Waals surface area (Å²) in [5.41, 5.74) is 1.99. The third-order valence-electron chi connectivity index (χ3n) is 10.5. The average molecular weight is 415 g/mol. The zero-order chi connectivity index (χ0) is 21.7. The molecule has 0 aromatic carbocycles. The maximum absolute atomic E-state index is 11.4. The van der Waals surface area contributed by atoms with E-state index in [-0.39, 0.29) is 5.92 Å². The number of rotatable bonds is 6.